The van der Waals surface area contributed by atoms with E-state index in [1.54, 1.807) is 0 Å². The van der Waals surface area contributed by atoms with Crippen molar-refractivity contribution >= 4 is 17.3 Å². The normalized spacial score (nSPS) is 10.1. The molecule has 0 aliphatic rings. The number of hydrogen-bond acceptors (Lipinski definition) is 3. The van der Waals surface area contributed by atoms with Crippen molar-refractivity contribution in [2.75, 3.05) is 6.61 Å². The lowest BCUT2D eigenvalue weighted by atomic mass is 10.2. The molecule has 0 saturated heterocycles. The van der Waals surface area contributed by atoms with Gasteiger partial charge in [0.2, 0.25) is 0 Å². The van der Waals surface area contributed by atoms with E-state index in [0.29, 0.717) is 11.5 Å². The molecule has 0 saturated carbocycles. The molecule has 0 aromatic carbocycles. The summed E-state index contributed by atoms with van der Waals surface area (Å²) in [5.41, 5.74) is 2.03. The van der Waals surface area contributed by atoms with Crippen molar-refractivity contribution in [2.45, 2.75) is 27.2 Å². The minimum Gasteiger partial charge on any atom is -0.457 e. The molecule has 0 unspecified atom stereocenters. The molecule has 0 bridgehead atoms. The Morgan fingerprint density at radius 3 is 2.73 bits per heavy atom. The van der Waals surface area contributed by atoms with Crippen LogP contribution in [0.5, 0.6) is 0 Å². The summed E-state index contributed by atoms with van der Waals surface area (Å²) in [7, 11) is 0. The second kappa shape index (κ2) is 5.12. The van der Waals surface area contributed by atoms with Crippen molar-refractivity contribution < 1.29 is 9.53 Å². The van der Waals surface area contributed by atoms with E-state index in [1.807, 2.05) is 19.9 Å². The van der Waals surface area contributed by atoms with Crippen molar-refractivity contribution in [2.24, 2.45) is 0 Å². The molecule has 1 rings (SSSR count). The van der Waals surface area contributed by atoms with Crippen LogP contribution in [0.25, 0.3) is 0 Å². The van der Waals surface area contributed by atoms with E-state index >= 15 is 0 Å². The van der Waals surface area contributed by atoms with E-state index in [0.717, 1.165) is 12.0 Å². The van der Waals surface area contributed by atoms with Crippen molar-refractivity contribution in [3.63, 3.8) is 0 Å². The summed E-state index contributed by atoms with van der Waals surface area (Å²) < 4.78 is 5.07. The fourth-order valence-electron chi connectivity index (χ4n) is 1.23. The van der Waals surface area contributed by atoms with Gasteiger partial charge in [-0.1, -0.05) is 13.5 Å². The number of rotatable bonds is 4. The first-order valence-electron chi connectivity index (χ1n) is 4.95. The molecule has 0 spiro atoms. The highest BCUT2D eigenvalue weighted by Crippen LogP contribution is 2.23. The third kappa shape index (κ3) is 3.20. The number of carbonyl (C=O) groups is 1. The van der Waals surface area contributed by atoms with Crippen LogP contribution in [0.1, 0.15) is 34.0 Å². The predicted molar refractivity (Wildman–Crippen MR) is 63.5 cm³/mol. The molecule has 1 aromatic heterocycles. The summed E-state index contributed by atoms with van der Waals surface area (Å²) in [5, 5.41) is 0. The Bertz CT molecular complexity index is 377. The first-order chi connectivity index (χ1) is 7.04. The van der Waals surface area contributed by atoms with Gasteiger partial charge >= 0.3 is 5.97 Å². The Labute approximate surface area is 94.6 Å². The van der Waals surface area contributed by atoms with Crippen molar-refractivity contribution in [3.8, 4) is 0 Å². The minimum atomic E-state index is -0.245. The maximum atomic E-state index is 11.6. The molecule has 3 heteroatoms. The van der Waals surface area contributed by atoms with Crippen LogP contribution < -0.4 is 0 Å². The maximum Gasteiger partial charge on any atom is 0.348 e. The van der Waals surface area contributed by atoms with Gasteiger partial charge < -0.3 is 4.74 Å². The maximum absolute atomic E-state index is 11.6. The third-order valence-electron chi connectivity index (χ3n) is 1.99. The zero-order valence-electron chi connectivity index (χ0n) is 9.42. The van der Waals surface area contributed by atoms with Gasteiger partial charge in [-0.25, -0.2) is 4.79 Å². The summed E-state index contributed by atoms with van der Waals surface area (Å²) in [5.74, 6) is -0.245. The van der Waals surface area contributed by atoms with Crippen molar-refractivity contribution in [3.05, 3.63) is 33.5 Å². The zero-order chi connectivity index (χ0) is 11.4. The number of ether oxygens (including phenoxy) is 1. The highest BCUT2D eigenvalue weighted by molar-refractivity contribution is 7.14. The molecule has 2 nitrogen and oxygen atoms in total. The van der Waals surface area contributed by atoms with Crippen LogP contribution in [0.4, 0.5) is 0 Å². The predicted octanol–water partition coefficient (Wildman–Crippen LogP) is 3.35. The Morgan fingerprint density at radius 1 is 1.60 bits per heavy atom. The van der Waals surface area contributed by atoms with E-state index in [2.05, 4.69) is 13.5 Å². The smallest absolute Gasteiger partial charge is 0.348 e. The molecule has 1 aromatic rings. The van der Waals surface area contributed by atoms with Crippen LogP contribution in [0.3, 0.4) is 0 Å². The second-order valence-corrected chi connectivity index (χ2v) is 4.74. The largest absolute Gasteiger partial charge is 0.457 e. The summed E-state index contributed by atoms with van der Waals surface area (Å²) in [6.45, 7) is 9.93. The van der Waals surface area contributed by atoms with Crippen LogP contribution >= 0.6 is 11.3 Å². The number of carbonyl (C=O) groups excluding carboxylic acids is 1. The fourth-order valence-corrected chi connectivity index (χ4v) is 2.24. The number of thiophene rings is 1. The fraction of sp³-hybridized carbons (Fsp3) is 0.417. The quantitative estimate of drug-likeness (QED) is 0.579. The number of hydrogen-bond donors (Lipinski definition) is 0. The summed E-state index contributed by atoms with van der Waals surface area (Å²) >= 11 is 1.52. The summed E-state index contributed by atoms with van der Waals surface area (Å²) in [4.78, 5) is 13.5. The highest BCUT2D eigenvalue weighted by Gasteiger charge is 2.12. The highest BCUT2D eigenvalue weighted by atomic mass is 32.1. The standard InChI is InChI=1S/C12H16O2S/c1-5-10-9(4)6-11(15-10)12(13)14-7-8(2)3/h6H,2,5,7H2,1,3-4H3. The molecular formula is C12H16O2S. The van der Waals surface area contributed by atoms with Gasteiger partial charge in [-0.2, -0.15) is 0 Å². The van der Waals surface area contributed by atoms with Crippen LogP contribution in [-0.4, -0.2) is 12.6 Å². The van der Waals surface area contributed by atoms with Crippen LogP contribution in [0.15, 0.2) is 18.2 Å². The average Bonchev–Trinajstić information content (AvgIpc) is 2.56. The molecule has 1 heterocycles. The molecule has 0 radical (unpaired) electrons. The molecule has 0 aliphatic carbocycles. The molecule has 15 heavy (non-hydrogen) atoms. The third-order valence-corrected chi connectivity index (χ3v) is 3.35. The molecular weight excluding hydrogens is 208 g/mol. The molecule has 0 aliphatic heterocycles. The van der Waals surface area contributed by atoms with E-state index in [9.17, 15) is 4.79 Å². The van der Waals surface area contributed by atoms with Gasteiger partial charge in [0.05, 0.1) is 0 Å². The zero-order valence-corrected chi connectivity index (χ0v) is 10.2. The molecule has 0 amide bonds. The average molecular weight is 224 g/mol. The summed E-state index contributed by atoms with van der Waals surface area (Å²) in [6, 6.07) is 1.89. The molecule has 0 N–H and O–H groups in total. The van der Waals surface area contributed by atoms with Gasteiger partial charge in [0.15, 0.2) is 0 Å². The monoisotopic (exact) mass is 224 g/mol. The van der Waals surface area contributed by atoms with E-state index in [4.69, 9.17) is 4.74 Å². The van der Waals surface area contributed by atoms with Crippen LogP contribution in [0.2, 0.25) is 0 Å². The molecule has 0 fully saturated rings. The van der Waals surface area contributed by atoms with E-state index < -0.39 is 0 Å². The first-order valence-corrected chi connectivity index (χ1v) is 5.77. The van der Waals surface area contributed by atoms with Gasteiger partial charge in [-0.15, -0.1) is 11.3 Å². The van der Waals surface area contributed by atoms with Crippen LogP contribution in [0, 0.1) is 6.92 Å². The number of esters is 1. The topological polar surface area (TPSA) is 26.3 Å². The van der Waals surface area contributed by atoms with Gasteiger partial charge in [0, 0.05) is 4.88 Å². The van der Waals surface area contributed by atoms with Crippen molar-refractivity contribution in [1.29, 1.82) is 0 Å². The summed E-state index contributed by atoms with van der Waals surface area (Å²) in [6.07, 6.45) is 0.963. The first kappa shape index (κ1) is 12.0. The second-order valence-electron chi connectivity index (χ2n) is 3.60. The van der Waals surface area contributed by atoms with Crippen molar-refractivity contribution in [1.82, 2.24) is 0 Å². The lowest BCUT2D eigenvalue weighted by Gasteiger charge is -2.01. The van der Waals surface area contributed by atoms with Crippen LogP contribution in [-0.2, 0) is 11.2 Å². The molecule has 82 valence electrons. The Kier molecular flexibility index (Phi) is 4.09. The minimum absolute atomic E-state index is 0.245. The van der Waals surface area contributed by atoms with Gasteiger partial charge in [-0.3, -0.25) is 0 Å². The lowest BCUT2D eigenvalue weighted by molar-refractivity contribution is 0.0546. The van der Waals surface area contributed by atoms with Gasteiger partial charge in [-0.05, 0) is 37.5 Å². The van der Waals surface area contributed by atoms with Gasteiger partial charge in [0.25, 0.3) is 0 Å². The van der Waals surface area contributed by atoms with E-state index in [1.165, 1.54) is 21.8 Å². The van der Waals surface area contributed by atoms with Gasteiger partial charge in [0.1, 0.15) is 11.5 Å². The number of aryl methyl sites for hydroxylation is 2. The van der Waals surface area contributed by atoms with E-state index in [-0.39, 0.29) is 5.97 Å². The lowest BCUT2D eigenvalue weighted by Crippen LogP contribution is -2.04. The molecule has 0 atom stereocenters. The SMILES string of the molecule is C=C(C)COC(=O)c1cc(C)c(CC)s1. The Morgan fingerprint density at radius 2 is 2.27 bits per heavy atom. The Hall–Kier alpha value is -1.09. The Balaban J connectivity index is 2.69.